The Hall–Kier alpha value is -0.540. The second kappa shape index (κ2) is 6.00. The summed E-state index contributed by atoms with van der Waals surface area (Å²) in [4.78, 5) is 13.1. The van der Waals surface area contributed by atoms with Crippen LogP contribution in [-0.4, -0.2) is 37.1 Å². The van der Waals surface area contributed by atoms with Crippen LogP contribution in [0.2, 0.25) is 0 Å². The van der Waals surface area contributed by atoms with Gasteiger partial charge in [0.1, 0.15) is 0 Å². The second-order valence-electron chi connectivity index (χ2n) is 2.93. The lowest BCUT2D eigenvalue weighted by atomic mass is 10.3. The summed E-state index contributed by atoms with van der Waals surface area (Å²) in [5.41, 5.74) is 0. The molecule has 1 atom stereocenters. The summed E-state index contributed by atoms with van der Waals surface area (Å²) in [6, 6.07) is 0. The predicted octanol–water partition coefficient (Wildman–Crippen LogP) is 1.23. The van der Waals surface area contributed by atoms with Gasteiger partial charge in [0.05, 0.1) is 6.10 Å². The van der Waals surface area contributed by atoms with Crippen LogP contribution < -0.4 is 0 Å². The normalized spacial score (nSPS) is 22.0. The number of allylic oxidation sites excluding steroid dienone is 1. The van der Waals surface area contributed by atoms with Crippen molar-refractivity contribution in [1.29, 1.82) is 0 Å². The summed E-state index contributed by atoms with van der Waals surface area (Å²) in [5, 5.41) is 0. The van der Waals surface area contributed by atoms with Gasteiger partial charge in [0.15, 0.2) is 0 Å². The molecule has 0 saturated carbocycles. The van der Waals surface area contributed by atoms with Crippen molar-refractivity contribution in [1.82, 2.24) is 4.90 Å². The van der Waals surface area contributed by atoms with Crippen molar-refractivity contribution in [2.24, 2.45) is 0 Å². The van der Waals surface area contributed by atoms with E-state index in [1.165, 1.54) is 0 Å². The van der Waals surface area contributed by atoms with Gasteiger partial charge in [-0.2, -0.15) is 0 Å². The molecule has 0 aliphatic carbocycles. The van der Waals surface area contributed by atoms with E-state index < -0.39 is 0 Å². The van der Waals surface area contributed by atoms with Crippen LogP contribution in [0.15, 0.2) is 12.2 Å². The fourth-order valence-corrected chi connectivity index (χ4v) is 1.37. The summed E-state index contributed by atoms with van der Waals surface area (Å²) < 4.78 is 5.15. The van der Waals surface area contributed by atoms with Crippen molar-refractivity contribution in [3.63, 3.8) is 0 Å². The van der Waals surface area contributed by atoms with E-state index in [9.17, 15) is 4.79 Å². The number of hydrogen-bond donors (Lipinski definition) is 0. The molecule has 0 unspecified atom stereocenters. The van der Waals surface area contributed by atoms with E-state index in [0.29, 0.717) is 0 Å². The highest BCUT2D eigenvalue weighted by atomic mass is 35.5. The molecule has 76 valence electrons. The summed E-state index contributed by atoms with van der Waals surface area (Å²) >= 11 is 0. The topological polar surface area (TPSA) is 29.5 Å². The summed E-state index contributed by atoms with van der Waals surface area (Å²) in [5.74, 6) is 0.0945. The average Bonchev–Trinajstić information content (AvgIpc) is 2.52. The Morgan fingerprint density at radius 2 is 2.31 bits per heavy atom. The molecule has 1 saturated heterocycles. The van der Waals surface area contributed by atoms with Crippen LogP contribution in [0, 0.1) is 0 Å². The van der Waals surface area contributed by atoms with Crippen LogP contribution in [0.3, 0.4) is 0 Å². The first-order valence-corrected chi connectivity index (χ1v) is 4.22. The van der Waals surface area contributed by atoms with Crippen LogP contribution in [0.25, 0.3) is 0 Å². The highest BCUT2D eigenvalue weighted by Gasteiger charge is 2.24. The standard InChI is InChI=1S/C9H15NO2.ClH/c1-3-4-9(11)10-6-5-8(7-10)12-2;/h3-4,8H,5-7H2,1-2H3;1H/b4-3+;/t8-;/m1./s1. The first-order valence-electron chi connectivity index (χ1n) is 4.22. The number of rotatable bonds is 2. The minimum Gasteiger partial charge on any atom is -0.380 e. The maximum atomic E-state index is 11.3. The van der Waals surface area contributed by atoms with E-state index in [1.807, 2.05) is 11.8 Å². The van der Waals surface area contributed by atoms with Crippen LogP contribution in [0.4, 0.5) is 0 Å². The predicted molar refractivity (Wildman–Crippen MR) is 54.1 cm³/mol. The Balaban J connectivity index is 0.00000144. The van der Waals surface area contributed by atoms with Gasteiger partial charge in [-0.3, -0.25) is 4.79 Å². The first-order chi connectivity index (χ1) is 5.77. The monoisotopic (exact) mass is 205 g/mol. The molecule has 4 heteroatoms. The third-order valence-electron chi connectivity index (χ3n) is 2.10. The third-order valence-corrected chi connectivity index (χ3v) is 2.10. The number of hydrogen-bond acceptors (Lipinski definition) is 2. The molecule has 0 N–H and O–H groups in total. The number of methoxy groups -OCH3 is 1. The largest absolute Gasteiger partial charge is 0.380 e. The molecular formula is C9H16ClNO2. The number of halogens is 1. The van der Waals surface area contributed by atoms with Crippen LogP contribution >= 0.6 is 12.4 Å². The molecular weight excluding hydrogens is 190 g/mol. The Labute approximate surface area is 85.2 Å². The highest BCUT2D eigenvalue weighted by Crippen LogP contribution is 2.11. The number of ether oxygens (including phenoxy) is 1. The van der Waals surface area contributed by atoms with Gasteiger partial charge in [-0.25, -0.2) is 0 Å². The maximum Gasteiger partial charge on any atom is 0.246 e. The Morgan fingerprint density at radius 1 is 1.62 bits per heavy atom. The molecule has 1 aliphatic rings. The molecule has 1 amide bonds. The molecule has 13 heavy (non-hydrogen) atoms. The van der Waals surface area contributed by atoms with Gasteiger partial charge in [-0.1, -0.05) is 6.08 Å². The Kier molecular flexibility index (Phi) is 5.75. The number of carbonyl (C=O) groups excluding carboxylic acids is 1. The zero-order chi connectivity index (χ0) is 8.97. The lowest BCUT2D eigenvalue weighted by molar-refractivity contribution is -0.125. The van der Waals surface area contributed by atoms with Crippen LogP contribution in [-0.2, 0) is 9.53 Å². The van der Waals surface area contributed by atoms with E-state index in [4.69, 9.17) is 4.74 Å². The lowest BCUT2D eigenvalue weighted by Gasteiger charge is -2.13. The molecule has 1 aliphatic heterocycles. The number of likely N-dealkylation sites (tertiary alicyclic amines) is 1. The van der Waals surface area contributed by atoms with Gasteiger partial charge in [0.25, 0.3) is 0 Å². The summed E-state index contributed by atoms with van der Waals surface area (Å²) in [7, 11) is 1.69. The van der Waals surface area contributed by atoms with Crippen molar-refractivity contribution >= 4 is 18.3 Å². The number of carbonyl (C=O) groups is 1. The van der Waals surface area contributed by atoms with E-state index in [2.05, 4.69) is 0 Å². The minimum atomic E-state index is 0. The quantitative estimate of drug-likeness (QED) is 0.635. The Bertz CT molecular complexity index is 194. The van der Waals surface area contributed by atoms with Crippen molar-refractivity contribution in [3.8, 4) is 0 Å². The number of amides is 1. The summed E-state index contributed by atoms with van der Waals surface area (Å²) in [6.45, 7) is 3.41. The van der Waals surface area contributed by atoms with Gasteiger partial charge < -0.3 is 9.64 Å². The molecule has 0 aromatic rings. The zero-order valence-electron chi connectivity index (χ0n) is 8.03. The third kappa shape index (κ3) is 3.36. The van der Waals surface area contributed by atoms with E-state index in [0.717, 1.165) is 19.5 Å². The lowest BCUT2D eigenvalue weighted by Crippen LogP contribution is -2.28. The van der Waals surface area contributed by atoms with Crippen LogP contribution in [0.1, 0.15) is 13.3 Å². The van der Waals surface area contributed by atoms with Gasteiger partial charge in [-0.05, 0) is 19.4 Å². The molecule has 1 rings (SSSR count). The molecule has 0 aromatic heterocycles. The highest BCUT2D eigenvalue weighted by molar-refractivity contribution is 5.87. The summed E-state index contributed by atoms with van der Waals surface area (Å²) in [6.07, 6.45) is 4.56. The van der Waals surface area contributed by atoms with E-state index >= 15 is 0 Å². The molecule has 0 spiro atoms. The number of nitrogens with zero attached hydrogens (tertiary/aromatic N) is 1. The van der Waals surface area contributed by atoms with Crippen LogP contribution in [0.5, 0.6) is 0 Å². The van der Waals surface area contributed by atoms with Gasteiger partial charge >= 0.3 is 0 Å². The molecule has 0 bridgehead atoms. The molecule has 0 radical (unpaired) electrons. The molecule has 0 aromatic carbocycles. The molecule has 1 fully saturated rings. The smallest absolute Gasteiger partial charge is 0.246 e. The Morgan fingerprint density at radius 3 is 2.77 bits per heavy atom. The van der Waals surface area contributed by atoms with Crippen molar-refractivity contribution in [3.05, 3.63) is 12.2 Å². The SMILES string of the molecule is C/C=C/C(=O)N1CC[C@@H](OC)C1.Cl. The fraction of sp³-hybridized carbons (Fsp3) is 0.667. The van der Waals surface area contributed by atoms with E-state index in [1.54, 1.807) is 19.3 Å². The van der Waals surface area contributed by atoms with Crippen molar-refractivity contribution in [2.75, 3.05) is 20.2 Å². The first kappa shape index (κ1) is 12.5. The van der Waals surface area contributed by atoms with Gasteiger partial charge in [0.2, 0.25) is 5.91 Å². The minimum absolute atomic E-state index is 0. The molecule has 3 nitrogen and oxygen atoms in total. The van der Waals surface area contributed by atoms with Gasteiger partial charge in [0, 0.05) is 20.2 Å². The van der Waals surface area contributed by atoms with Crippen molar-refractivity contribution in [2.45, 2.75) is 19.4 Å². The maximum absolute atomic E-state index is 11.3. The zero-order valence-corrected chi connectivity index (χ0v) is 8.84. The average molecular weight is 206 g/mol. The fourth-order valence-electron chi connectivity index (χ4n) is 1.37. The van der Waals surface area contributed by atoms with E-state index in [-0.39, 0.29) is 24.4 Å². The second-order valence-corrected chi connectivity index (χ2v) is 2.93. The molecule has 1 heterocycles. The van der Waals surface area contributed by atoms with Gasteiger partial charge in [-0.15, -0.1) is 12.4 Å². The van der Waals surface area contributed by atoms with Crippen molar-refractivity contribution < 1.29 is 9.53 Å².